The number of rotatable bonds is 6. The van der Waals surface area contributed by atoms with Crippen LogP contribution in [0.3, 0.4) is 0 Å². The van der Waals surface area contributed by atoms with Crippen LogP contribution in [0, 0.1) is 0 Å². The van der Waals surface area contributed by atoms with Gasteiger partial charge in [0.1, 0.15) is 0 Å². The van der Waals surface area contributed by atoms with Crippen molar-refractivity contribution in [2.24, 2.45) is 0 Å². The van der Waals surface area contributed by atoms with Gasteiger partial charge in [0.15, 0.2) is 0 Å². The first-order chi connectivity index (χ1) is 13.7. The van der Waals surface area contributed by atoms with E-state index in [2.05, 4.69) is 15.3 Å². The number of amides is 1. The Labute approximate surface area is 175 Å². The first-order valence-electron chi connectivity index (χ1n) is 9.47. The first-order valence-corrected chi connectivity index (χ1v) is 11.7. The van der Waals surface area contributed by atoms with Gasteiger partial charge in [0.2, 0.25) is 15.0 Å². The highest BCUT2D eigenvalue weighted by atomic mass is 35.5. The van der Waals surface area contributed by atoms with Crippen molar-refractivity contribution in [3.05, 3.63) is 52.3 Å². The van der Waals surface area contributed by atoms with E-state index in [1.165, 1.54) is 6.20 Å². The second kappa shape index (κ2) is 8.77. The number of aliphatic hydroxyl groups is 1. The van der Waals surface area contributed by atoms with E-state index in [0.29, 0.717) is 35.5 Å². The molecule has 2 aromatic rings. The third-order valence-corrected chi connectivity index (χ3v) is 6.24. The molecule has 1 heterocycles. The van der Waals surface area contributed by atoms with E-state index < -0.39 is 15.4 Å². The van der Waals surface area contributed by atoms with E-state index in [1.807, 2.05) is 0 Å². The van der Waals surface area contributed by atoms with Gasteiger partial charge in [0, 0.05) is 31.1 Å². The summed E-state index contributed by atoms with van der Waals surface area (Å²) in [6, 6.07) is 6.67. The van der Waals surface area contributed by atoms with Crippen LogP contribution in [0.15, 0.2) is 35.6 Å². The SMILES string of the molecule is CS(=O)(=O)c1nccc(Cc2ccc(Cl)c(C(=O)NCC3(O)CCCCC3)c2)n1. The number of aromatic nitrogens is 2. The molecular formula is C20H24ClN3O4S. The van der Waals surface area contributed by atoms with Crippen LogP contribution in [-0.4, -0.2) is 47.8 Å². The standard InChI is InChI=1S/C20H24ClN3O4S/c1-29(27,28)19-22-10-7-15(24-19)11-14-5-6-17(21)16(12-14)18(25)23-13-20(26)8-3-2-4-9-20/h5-7,10,12,26H,2-4,8-9,11,13H2,1H3,(H,23,25). The molecule has 1 saturated carbocycles. The molecular weight excluding hydrogens is 414 g/mol. The number of carbonyl (C=O) groups excluding carboxylic acids is 1. The minimum absolute atomic E-state index is 0.190. The van der Waals surface area contributed by atoms with Crippen molar-refractivity contribution in [3.8, 4) is 0 Å². The summed E-state index contributed by atoms with van der Waals surface area (Å²) < 4.78 is 23.3. The molecule has 156 valence electrons. The van der Waals surface area contributed by atoms with Crippen LogP contribution in [0.5, 0.6) is 0 Å². The topological polar surface area (TPSA) is 109 Å². The summed E-state index contributed by atoms with van der Waals surface area (Å²) in [7, 11) is -3.50. The highest BCUT2D eigenvalue weighted by molar-refractivity contribution is 7.90. The van der Waals surface area contributed by atoms with Crippen LogP contribution < -0.4 is 5.32 Å². The van der Waals surface area contributed by atoms with Crippen LogP contribution in [0.1, 0.15) is 53.7 Å². The monoisotopic (exact) mass is 437 g/mol. The number of carbonyl (C=O) groups is 1. The van der Waals surface area contributed by atoms with Crippen molar-refractivity contribution in [3.63, 3.8) is 0 Å². The third kappa shape index (κ3) is 5.74. The zero-order chi connectivity index (χ0) is 21.1. The summed E-state index contributed by atoms with van der Waals surface area (Å²) in [5.41, 5.74) is 0.724. The lowest BCUT2D eigenvalue weighted by Crippen LogP contribution is -2.44. The van der Waals surface area contributed by atoms with Crippen LogP contribution in [-0.2, 0) is 16.3 Å². The summed E-state index contributed by atoms with van der Waals surface area (Å²) in [6.45, 7) is 0.190. The van der Waals surface area contributed by atoms with Gasteiger partial charge in [0.05, 0.1) is 16.2 Å². The number of nitrogens with one attached hydrogen (secondary N) is 1. The molecule has 1 fully saturated rings. The Bertz CT molecular complexity index is 1000. The molecule has 3 rings (SSSR count). The molecule has 0 spiro atoms. The fourth-order valence-electron chi connectivity index (χ4n) is 3.45. The first kappa shape index (κ1) is 21.7. The van der Waals surface area contributed by atoms with E-state index in [4.69, 9.17) is 11.6 Å². The lowest BCUT2D eigenvalue weighted by Gasteiger charge is -2.32. The van der Waals surface area contributed by atoms with E-state index in [-0.39, 0.29) is 17.6 Å². The molecule has 1 aromatic carbocycles. The zero-order valence-electron chi connectivity index (χ0n) is 16.2. The number of nitrogens with zero attached hydrogens (tertiary/aromatic N) is 2. The van der Waals surface area contributed by atoms with Crippen LogP contribution in [0.25, 0.3) is 0 Å². The molecule has 2 N–H and O–H groups in total. The normalized spacial score (nSPS) is 16.4. The van der Waals surface area contributed by atoms with Gasteiger partial charge < -0.3 is 10.4 Å². The quantitative estimate of drug-likeness (QED) is 0.672. The maximum Gasteiger partial charge on any atom is 0.252 e. The van der Waals surface area contributed by atoms with Gasteiger partial charge in [-0.05, 0) is 36.6 Å². The second-order valence-corrected chi connectivity index (χ2v) is 9.88. The lowest BCUT2D eigenvalue weighted by atomic mass is 9.85. The summed E-state index contributed by atoms with van der Waals surface area (Å²) in [5.74, 6) is -0.352. The molecule has 7 nitrogen and oxygen atoms in total. The fourth-order valence-corrected chi connectivity index (χ4v) is 4.18. The largest absolute Gasteiger partial charge is 0.388 e. The predicted octanol–water partition coefficient (Wildman–Crippen LogP) is 2.55. The smallest absolute Gasteiger partial charge is 0.252 e. The number of halogens is 1. The summed E-state index contributed by atoms with van der Waals surface area (Å²) >= 11 is 6.21. The number of hydrogen-bond donors (Lipinski definition) is 2. The third-order valence-electron chi connectivity index (χ3n) is 5.05. The molecule has 29 heavy (non-hydrogen) atoms. The van der Waals surface area contributed by atoms with Gasteiger partial charge in [-0.3, -0.25) is 4.79 Å². The highest BCUT2D eigenvalue weighted by Gasteiger charge is 2.29. The van der Waals surface area contributed by atoms with Crippen LogP contribution in [0.4, 0.5) is 0 Å². The van der Waals surface area contributed by atoms with Gasteiger partial charge >= 0.3 is 0 Å². The Morgan fingerprint density at radius 2 is 1.97 bits per heavy atom. The Kier molecular flexibility index (Phi) is 6.55. The lowest BCUT2D eigenvalue weighted by molar-refractivity contribution is 0.00525. The van der Waals surface area contributed by atoms with Gasteiger partial charge in [-0.15, -0.1) is 0 Å². The number of benzene rings is 1. The van der Waals surface area contributed by atoms with Crippen molar-refractivity contribution >= 4 is 27.3 Å². The maximum absolute atomic E-state index is 12.6. The molecule has 0 radical (unpaired) electrons. The Morgan fingerprint density at radius 1 is 1.24 bits per heavy atom. The van der Waals surface area contributed by atoms with Gasteiger partial charge in [-0.25, -0.2) is 18.4 Å². The molecule has 1 amide bonds. The van der Waals surface area contributed by atoms with Crippen molar-refractivity contribution in [1.29, 1.82) is 0 Å². The van der Waals surface area contributed by atoms with E-state index >= 15 is 0 Å². The molecule has 0 atom stereocenters. The zero-order valence-corrected chi connectivity index (χ0v) is 17.8. The Balaban J connectivity index is 1.73. The second-order valence-electron chi connectivity index (χ2n) is 7.56. The van der Waals surface area contributed by atoms with Crippen molar-refractivity contribution in [2.75, 3.05) is 12.8 Å². The van der Waals surface area contributed by atoms with E-state index in [1.54, 1.807) is 24.3 Å². The number of hydrogen-bond acceptors (Lipinski definition) is 6. The van der Waals surface area contributed by atoms with Crippen molar-refractivity contribution in [2.45, 2.75) is 49.3 Å². The fraction of sp³-hybridized carbons (Fsp3) is 0.450. The van der Waals surface area contributed by atoms with Gasteiger partial charge in [0.25, 0.3) is 5.91 Å². The molecule has 0 aliphatic heterocycles. The summed E-state index contributed by atoms with van der Waals surface area (Å²) in [4.78, 5) is 20.5. The van der Waals surface area contributed by atoms with Gasteiger partial charge in [-0.2, -0.15) is 0 Å². The summed E-state index contributed by atoms with van der Waals surface area (Å²) in [5, 5.41) is 13.4. The van der Waals surface area contributed by atoms with Crippen molar-refractivity contribution in [1.82, 2.24) is 15.3 Å². The average Bonchev–Trinajstić information content (AvgIpc) is 2.68. The molecule has 1 aliphatic carbocycles. The molecule has 1 aromatic heterocycles. The summed E-state index contributed by atoms with van der Waals surface area (Å²) in [6.07, 6.45) is 7.15. The van der Waals surface area contributed by atoms with E-state index in [0.717, 1.165) is 31.1 Å². The Morgan fingerprint density at radius 3 is 2.66 bits per heavy atom. The highest BCUT2D eigenvalue weighted by Crippen LogP contribution is 2.27. The molecule has 1 aliphatic rings. The Hall–Kier alpha value is -2.03. The molecule has 0 saturated heterocycles. The minimum atomic E-state index is -3.50. The molecule has 0 unspecified atom stereocenters. The van der Waals surface area contributed by atoms with Crippen molar-refractivity contribution < 1.29 is 18.3 Å². The number of sulfone groups is 1. The molecule has 9 heteroatoms. The molecule has 0 bridgehead atoms. The average molecular weight is 438 g/mol. The van der Waals surface area contributed by atoms with Crippen LogP contribution >= 0.6 is 11.6 Å². The predicted molar refractivity (Wildman–Crippen MR) is 110 cm³/mol. The van der Waals surface area contributed by atoms with Gasteiger partial charge in [-0.1, -0.05) is 36.9 Å². The maximum atomic E-state index is 12.6. The van der Waals surface area contributed by atoms with Crippen LogP contribution in [0.2, 0.25) is 5.02 Å². The minimum Gasteiger partial charge on any atom is -0.388 e. The van der Waals surface area contributed by atoms with E-state index in [9.17, 15) is 18.3 Å².